The Balaban J connectivity index is 2.14. The van der Waals surface area contributed by atoms with Gasteiger partial charge in [0, 0.05) is 6.08 Å². The highest BCUT2D eigenvalue weighted by molar-refractivity contribution is 5.79. The van der Waals surface area contributed by atoms with Gasteiger partial charge in [-0.1, -0.05) is 13.0 Å². The summed E-state index contributed by atoms with van der Waals surface area (Å²) in [6, 6.07) is 0. The van der Waals surface area contributed by atoms with E-state index in [9.17, 15) is 4.79 Å². The molecule has 0 aromatic heterocycles. The lowest BCUT2D eigenvalue weighted by Crippen LogP contribution is -1.95. The predicted molar refractivity (Wildman–Crippen MR) is 43.3 cm³/mol. The molecule has 0 aromatic carbocycles. The van der Waals surface area contributed by atoms with Crippen molar-refractivity contribution in [3.05, 3.63) is 12.2 Å². The minimum absolute atomic E-state index is 0.672. The summed E-state index contributed by atoms with van der Waals surface area (Å²) < 4.78 is 0. The van der Waals surface area contributed by atoms with E-state index in [1.54, 1.807) is 6.08 Å². The Hall–Kier alpha value is -0.790. The third-order valence-electron chi connectivity index (χ3n) is 2.20. The summed E-state index contributed by atoms with van der Waals surface area (Å²) in [6.45, 7) is 2.18. The molecule has 0 aromatic rings. The normalized spacial score (nSPS) is 20.5. The Labute approximate surface area is 66.9 Å². The van der Waals surface area contributed by atoms with Crippen LogP contribution in [0.4, 0.5) is 0 Å². The summed E-state index contributed by atoms with van der Waals surface area (Å²) in [5.41, 5.74) is 0. The number of allylic oxidation sites excluding steroid dienone is 1. The first-order chi connectivity index (χ1) is 5.20. The molecule has 1 unspecified atom stereocenters. The van der Waals surface area contributed by atoms with Gasteiger partial charge in [0.15, 0.2) is 0 Å². The maximum Gasteiger partial charge on any atom is 0.327 e. The number of carbonyl (C=O) groups is 1. The van der Waals surface area contributed by atoms with E-state index in [2.05, 4.69) is 6.92 Å². The van der Waals surface area contributed by atoms with Gasteiger partial charge >= 0.3 is 5.97 Å². The van der Waals surface area contributed by atoms with Crippen LogP contribution in [0.5, 0.6) is 0 Å². The predicted octanol–water partition coefficient (Wildman–Crippen LogP) is 2.06. The van der Waals surface area contributed by atoms with Crippen molar-refractivity contribution in [2.75, 3.05) is 0 Å². The minimum atomic E-state index is -0.840. The van der Waals surface area contributed by atoms with Crippen LogP contribution in [0.2, 0.25) is 0 Å². The molecule has 2 nitrogen and oxygen atoms in total. The molecule has 1 fully saturated rings. The summed E-state index contributed by atoms with van der Waals surface area (Å²) in [6.07, 6.45) is 6.57. The van der Waals surface area contributed by atoms with Crippen molar-refractivity contribution in [1.29, 1.82) is 0 Å². The maximum absolute atomic E-state index is 10.1. The first-order valence-corrected chi connectivity index (χ1v) is 4.09. The number of aliphatic carboxylic acids is 1. The van der Waals surface area contributed by atoms with Crippen LogP contribution in [0, 0.1) is 11.8 Å². The minimum Gasteiger partial charge on any atom is -0.478 e. The number of carboxylic acid groups (broad SMARTS) is 1. The average Bonchev–Trinajstić information content (AvgIpc) is 2.66. The van der Waals surface area contributed by atoms with Gasteiger partial charge in [-0.2, -0.15) is 0 Å². The second kappa shape index (κ2) is 3.56. The molecule has 1 aliphatic carbocycles. The highest BCUT2D eigenvalue weighted by atomic mass is 16.4. The smallest absolute Gasteiger partial charge is 0.327 e. The van der Waals surface area contributed by atoms with Crippen molar-refractivity contribution in [2.24, 2.45) is 11.8 Å². The van der Waals surface area contributed by atoms with Crippen molar-refractivity contribution < 1.29 is 9.90 Å². The first kappa shape index (κ1) is 8.31. The molecule has 0 amide bonds. The highest BCUT2D eigenvalue weighted by Gasteiger charge is 2.26. The van der Waals surface area contributed by atoms with Crippen molar-refractivity contribution in [3.8, 4) is 0 Å². The molecule has 0 bridgehead atoms. The molecule has 1 N–H and O–H groups in total. The van der Waals surface area contributed by atoms with E-state index in [1.807, 2.05) is 0 Å². The third kappa shape index (κ3) is 3.21. The molecule has 0 aliphatic heterocycles. The van der Waals surface area contributed by atoms with Gasteiger partial charge < -0.3 is 5.11 Å². The van der Waals surface area contributed by atoms with E-state index in [4.69, 9.17) is 5.11 Å². The zero-order valence-corrected chi connectivity index (χ0v) is 6.79. The van der Waals surface area contributed by atoms with Crippen LogP contribution in [0.1, 0.15) is 26.2 Å². The lowest BCUT2D eigenvalue weighted by Gasteiger charge is -2.03. The Kier molecular flexibility index (Phi) is 2.69. The second-order valence-corrected chi connectivity index (χ2v) is 3.29. The monoisotopic (exact) mass is 154 g/mol. The van der Waals surface area contributed by atoms with Crippen molar-refractivity contribution in [3.63, 3.8) is 0 Å². The van der Waals surface area contributed by atoms with E-state index >= 15 is 0 Å². The Morgan fingerprint density at radius 2 is 2.36 bits per heavy atom. The first-order valence-electron chi connectivity index (χ1n) is 4.09. The van der Waals surface area contributed by atoms with E-state index < -0.39 is 5.97 Å². The average molecular weight is 154 g/mol. The number of hydrogen-bond acceptors (Lipinski definition) is 1. The van der Waals surface area contributed by atoms with Crippen LogP contribution < -0.4 is 0 Å². The largest absolute Gasteiger partial charge is 0.478 e. The lowest BCUT2D eigenvalue weighted by molar-refractivity contribution is -0.131. The van der Waals surface area contributed by atoms with Crippen LogP contribution in [0.25, 0.3) is 0 Å². The molecular formula is C9H14O2. The van der Waals surface area contributed by atoms with Gasteiger partial charge in [0.1, 0.15) is 0 Å². The molecule has 11 heavy (non-hydrogen) atoms. The van der Waals surface area contributed by atoms with Gasteiger partial charge in [0.2, 0.25) is 0 Å². The number of carboxylic acids is 1. The van der Waals surface area contributed by atoms with Gasteiger partial charge in [-0.3, -0.25) is 0 Å². The molecule has 0 spiro atoms. The van der Waals surface area contributed by atoms with Gasteiger partial charge in [-0.25, -0.2) is 4.79 Å². The van der Waals surface area contributed by atoms with Crippen LogP contribution in [0.3, 0.4) is 0 Å². The van der Waals surface area contributed by atoms with Crippen molar-refractivity contribution >= 4 is 5.97 Å². The third-order valence-corrected chi connectivity index (χ3v) is 2.20. The highest BCUT2D eigenvalue weighted by Crippen LogP contribution is 2.38. The molecule has 1 saturated carbocycles. The Bertz CT molecular complexity index is 168. The van der Waals surface area contributed by atoms with Crippen LogP contribution in [-0.2, 0) is 4.79 Å². The fraction of sp³-hybridized carbons (Fsp3) is 0.667. The zero-order chi connectivity index (χ0) is 8.27. The van der Waals surface area contributed by atoms with Crippen molar-refractivity contribution in [1.82, 2.24) is 0 Å². The summed E-state index contributed by atoms with van der Waals surface area (Å²) in [4.78, 5) is 10.1. The summed E-state index contributed by atoms with van der Waals surface area (Å²) >= 11 is 0. The SMILES string of the molecule is CC(C/C=C/C(=O)O)C1CC1. The molecule has 0 saturated heterocycles. The van der Waals surface area contributed by atoms with E-state index in [1.165, 1.54) is 18.9 Å². The Morgan fingerprint density at radius 3 is 2.82 bits per heavy atom. The van der Waals surface area contributed by atoms with E-state index in [-0.39, 0.29) is 0 Å². The molecular weight excluding hydrogens is 140 g/mol. The zero-order valence-electron chi connectivity index (χ0n) is 6.79. The second-order valence-electron chi connectivity index (χ2n) is 3.29. The van der Waals surface area contributed by atoms with E-state index in [0.717, 1.165) is 12.3 Å². The molecule has 2 heteroatoms. The molecule has 0 heterocycles. The van der Waals surface area contributed by atoms with Gasteiger partial charge in [0.05, 0.1) is 0 Å². The standard InChI is InChI=1S/C9H14O2/c1-7(8-5-6-8)3-2-4-9(10)11/h2,4,7-8H,3,5-6H2,1H3,(H,10,11)/b4-2+. The molecule has 1 aliphatic rings. The lowest BCUT2D eigenvalue weighted by atomic mass is 10.0. The fourth-order valence-electron chi connectivity index (χ4n) is 1.24. The molecule has 62 valence electrons. The van der Waals surface area contributed by atoms with E-state index in [0.29, 0.717) is 5.92 Å². The van der Waals surface area contributed by atoms with Gasteiger partial charge in [-0.05, 0) is 31.1 Å². The molecule has 1 rings (SSSR count). The van der Waals surface area contributed by atoms with Crippen LogP contribution in [0.15, 0.2) is 12.2 Å². The van der Waals surface area contributed by atoms with Crippen LogP contribution in [-0.4, -0.2) is 11.1 Å². The topological polar surface area (TPSA) is 37.3 Å². The summed E-state index contributed by atoms with van der Waals surface area (Å²) in [5.74, 6) is 0.701. The molecule has 1 atom stereocenters. The molecule has 0 radical (unpaired) electrons. The van der Waals surface area contributed by atoms with Crippen molar-refractivity contribution in [2.45, 2.75) is 26.2 Å². The fourth-order valence-corrected chi connectivity index (χ4v) is 1.24. The maximum atomic E-state index is 10.1. The van der Waals surface area contributed by atoms with Crippen LogP contribution >= 0.6 is 0 Å². The number of hydrogen-bond donors (Lipinski definition) is 1. The summed E-state index contributed by atoms with van der Waals surface area (Å²) in [5, 5.41) is 8.29. The van der Waals surface area contributed by atoms with Gasteiger partial charge in [0.25, 0.3) is 0 Å². The Morgan fingerprint density at radius 1 is 1.73 bits per heavy atom. The quantitative estimate of drug-likeness (QED) is 0.629. The van der Waals surface area contributed by atoms with Gasteiger partial charge in [-0.15, -0.1) is 0 Å². The summed E-state index contributed by atoms with van der Waals surface area (Å²) in [7, 11) is 0. The number of rotatable bonds is 4.